The molecule has 1 amide bonds. The Morgan fingerprint density at radius 1 is 1.20 bits per heavy atom. The molecule has 2 aromatic rings. The van der Waals surface area contributed by atoms with Gasteiger partial charge in [-0.3, -0.25) is 4.79 Å². The zero-order valence-electron chi connectivity index (χ0n) is 20.1. The van der Waals surface area contributed by atoms with Gasteiger partial charge in [-0.25, -0.2) is 13.2 Å². The first-order valence-electron chi connectivity index (χ1n) is 11.5. The number of rotatable bonds is 7. The van der Waals surface area contributed by atoms with Gasteiger partial charge in [0.15, 0.2) is 0 Å². The van der Waals surface area contributed by atoms with Gasteiger partial charge in [0.05, 0.1) is 28.9 Å². The maximum atomic E-state index is 14.4. The lowest BCUT2D eigenvalue weighted by atomic mass is 9.90. The van der Waals surface area contributed by atoms with Gasteiger partial charge in [-0.1, -0.05) is 31.9 Å². The number of ether oxygens (including phenoxy) is 1. The van der Waals surface area contributed by atoms with Gasteiger partial charge in [-0.05, 0) is 37.5 Å². The van der Waals surface area contributed by atoms with E-state index in [1.54, 1.807) is 14.0 Å². The fourth-order valence-electron chi connectivity index (χ4n) is 4.00. The van der Waals surface area contributed by atoms with Crippen LogP contribution in [0.15, 0.2) is 35.9 Å². The van der Waals surface area contributed by atoms with E-state index in [9.17, 15) is 18.0 Å². The first kappa shape index (κ1) is 26.6. The molecule has 2 atom stereocenters. The number of hydrogen-bond donors (Lipinski definition) is 2. The third-order valence-electron chi connectivity index (χ3n) is 6.23. The van der Waals surface area contributed by atoms with Crippen molar-refractivity contribution in [3.8, 4) is 5.75 Å². The molecule has 0 saturated carbocycles. The summed E-state index contributed by atoms with van der Waals surface area (Å²) in [5.41, 5.74) is 1.29. The minimum atomic E-state index is -0.729. The van der Waals surface area contributed by atoms with Crippen molar-refractivity contribution in [2.24, 2.45) is 5.92 Å². The summed E-state index contributed by atoms with van der Waals surface area (Å²) in [6.07, 6.45) is 1.13. The van der Waals surface area contributed by atoms with Gasteiger partial charge in [-0.2, -0.15) is 0 Å². The van der Waals surface area contributed by atoms with Crippen LogP contribution in [-0.2, 0) is 0 Å². The van der Waals surface area contributed by atoms with Crippen molar-refractivity contribution in [1.29, 1.82) is 5.41 Å². The lowest BCUT2D eigenvalue weighted by Crippen LogP contribution is -2.48. The van der Waals surface area contributed by atoms with Gasteiger partial charge in [0, 0.05) is 42.6 Å². The molecule has 0 radical (unpaired) electrons. The van der Waals surface area contributed by atoms with E-state index in [0.29, 0.717) is 17.9 Å². The van der Waals surface area contributed by atoms with E-state index in [-0.39, 0.29) is 46.5 Å². The zero-order valence-corrected chi connectivity index (χ0v) is 20.9. The summed E-state index contributed by atoms with van der Waals surface area (Å²) in [5, 5.41) is 11.6. The van der Waals surface area contributed by atoms with E-state index in [4.69, 9.17) is 21.7 Å². The lowest BCUT2D eigenvalue weighted by molar-refractivity contribution is 0.0727. The van der Waals surface area contributed by atoms with Gasteiger partial charge in [-0.15, -0.1) is 0 Å². The molecule has 5 nitrogen and oxygen atoms in total. The molecule has 0 spiro atoms. The number of nitrogens with one attached hydrogen (secondary N) is 2. The number of halogens is 4. The van der Waals surface area contributed by atoms with E-state index in [0.717, 1.165) is 24.6 Å². The molecule has 1 aliphatic rings. The van der Waals surface area contributed by atoms with Crippen LogP contribution >= 0.6 is 11.6 Å². The highest BCUT2D eigenvalue weighted by atomic mass is 35.5. The molecule has 1 heterocycles. The number of carbonyl (C=O) groups is 1. The number of nitrogens with zero attached hydrogens (tertiary/aromatic N) is 1. The van der Waals surface area contributed by atoms with Crippen molar-refractivity contribution in [3.63, 3.8) is 0 Å². The summed E-state index contributed by atoms with van der Waals surface area (Å²) in [5.74, 6) is -2.31. The predicted octanol–water partition coefficient (Wildman–Crippen LogP) is 6.07. The van der Waals surface area contributed by atoms with Gasteiger partial charge in [0.1, 0.15) is 23.2 Å². The number of amides is 1. The second kappa shape index (κ2) is 11.2. The Labute approximate surface area is 208 Å². The highest BCUT2D eigenvalue weighted by Crippen LogP contribution is 2.33. The molecule has 9 heteroatoms. The summed E-state index contributed by atoms with van der Waals surface area (Å²) in [7, 11) is 1.61. The molecular weight excluding hydrogens is 479 g/mol. The number of benzene rings is 2. The molecule has 2 N–H and O–H groups in total. The molecule has 0 aromatic heterocycles. The minimum Gasteiger partial charge on any atom is -0.492 e. The SMILES string of the molecule is CCC(C)COc1cc(F)cc(C(=O)N2CC/C(=C(/NC)c3cc(F)cc(F)c3)C(=N)[C@H]2C)c1Cl. The molecule has 1 saturated heterocycles. The first-order valence-corrected chi connectivity index (χ1v) is 11.8. The molecular formula is C26H29ClF3N3O2. The molecule has 0 aliphatic carbocycles. The summed E-state index contributed by atoms with van der Waals surface area (Å²) >= 11 is 6.43. The third kappa shape index (κ3) is 5.81. The average molecular weight is 508 g/mol. The fourth-order valence-corrected chi connectivity index (χ4v) is 4.25. The Bertz CT molecular complexity index is 1150. The van der Waals surface area contributed by atoms with E-state index in [1.165, 1.54) is 17.0 Å². The maximum absolute atomic E-state index is 14.4. The maximum Gasteiger partial charge on any atom is 0.256 e. The second-order valence-corrected chi connectivity index (χ2v) is 9.07. The highest BCUT2D eigenvalue weighted by Gasteiger charge is 2.34. The quantitative estimate of drug-likeness (QED) is 0.478. The number of hydrogen-bond acceptors (Lipinski definition) is 4. The van der Waals surface area contributed by atoms with E-state index < -0.39 is 29.4 Å². The smallest absolute Gasteiger partial charge is 0.256 e. The van der Waals surface area contributed by atoms with Gasteiger partial charge in [0.2, 0.25) is 0 Å². The van der Waals surface area contributed by atoms with Crippen LogP contribution in [0.4, 0.5) is 13.2 Å². The standard InChI is InChI=1S/C26H29ClF3N3O2/c1-5-14(2)13-35-22-12-19(30)11-21(23(22)27)26(34)33-7-6-20(24(31)15(33)3)25(32-4)16-8-17(28)10-18(29)9-16/h8-12,14-15,31-32H,5-7,13H2,1-4H3/b25-20-,31-24?/t14?,15-/m1/s1. The molecule has 188 valence electrons. The van der Waals surface area contributed by atoms with Crippen molar-refractivity contribution in [1.82, 2.24) is 10.2 Å². The van der Waals surface area contributed by atoms with Crippen LogP contribution in [-0.4, -0.2) is 42.8 Å². The third-order valence-corrected chi connectivity index (χ3v) is 6.62. The van der Waals surface area contributed by atoms with Crippen LogP contribution < -0.4 is 10.1 Å². The van der Waals surface area contributed by atoms with E-state index >= 15 is 0 Å². The Morgan fingerprint density at radius 3 is 2.43 bits per heavy atom. The summed E-state index contributed by atoms with van der Waals surface area (Å²) in [6, 6.07) is 4.69. The predicted molar refractivity (Wildman–Crippen MR) is 132 cm³/mol. The van der Waals surface area contributed by atoms with Crippen LogP contribution in [0.3, 0.4) is 0 Å². The second-order valence-electron chi connectivity index (χ2n) is 8.69. The Hall–Kier alpha value is -3.00. The van der Waals surface area contributed by atoms with Crippen LogP contribution in [0.2, 0.25) is 5.02 Å². The lowest BCUT2D eigenvalue weighted by Gasteiger charge is -2.36. The normalized spacial score (nSPS) is 18.3. The zero-order chi connectivity index (χ0) is 25.9. The fraction of sp³-hybridized carbons (Fsp3) is 0.385. The molecule has 3 rings (SSSR count). The van der Waals surface area contributed by atoms with E-state index in [2.05, 4.69) is 5.32 Å². The number of piperidine rings is 1. The highest BCUT2D eigenvalue weighted by molar-refractivity contribution is 6.35. The molecule has 1 unspecified atom stereocenters. The molecule has 35 heavy (non-hydrogen) atoms. The summed E-state index contributed by atoms with van der Waals surface area (Å²) in [4.78, 5) is 14.8. The Morgan fingerprint density at radius 2 is 1.83 bits per heavy atom. The summed E-state index contributed by atoms with van der Waals surface area (Å²) in [6.45, 7) is 6.21. The average Bonchev–Trinajstić information content (AvgIpc) is 2.81. The van der Waals surface area contributed by atoms with Crippen molar-refractivity contribution in [3.05, 3.63) is 69.5 Å². The molecule has 0 bridgehead atoms. The van der Waals surface area contributed by atoms with Crippen LogP contribution in [0, 0.1) is 28.8 Å². The van der Waals surface area contributed by atoms with Crippen LogP contribution in [0.5, 0.6) is 5.75 Å². The van der Waals surface area contributed by atoms with Crippen molar-refractivity contribution in [2.45, 2.75) is 39.7 Å². The minimum absolute atomic E-state index is 0.0194. The Kier molecular flexibility index (Phi) is 8.48. The molecule has 1 fully saturated rings. The van der Waals surface area contributed by atoms with Crippen molar-refractivity contribution in [2.75, 3.05) is 20.2 Å². The van der Waals surface area contributed by atoms with Gasteiger partial charge in [0.25, 0.3) is 5.91 Å². The first-order chi connectivity index (χ1) is 16.6. The molecule has 2 aromatic carbocycles. The van der Waals surface area contributed by atoms with Crippen molar-refractivity contribution < 1.29 is 22.7 Å². The molecule has 1 aliphatic heterocycles. The van der Waals surface area contributed by atoms with Gasteiger partial charge >= 0.3 is 0 Å². The van der Waals surface area contributed by atoms with E-state index in [1.807, 2.05) is 13.8 Å². The van der Waals surface area contributed by atoms with Gasteiger partial charge < -0.3 is 20.4 Å². The number of carbonyl (C=O) groups excluding carboxylic acids is 1. The monoisotopic (exact) mass is 507 g/mol. The van der Waals surface area contributed by atoms with Crippen LogP contribution in [0.1, 0.15) is 49.5 Å². The number of likely N-dealkylation sites (tertiary alicyclic amines) is 1. The van der Waals surface area contributed by atoms with Crippen molar-refractivity contribution >= 4 is 28.9 Å². The Balaban J connectivity index is 1.90. The van der Waals surface area contributed by atoms with Crippen LogP contribution in [0.25, 0.3) is 5.70 Å². The summed E-state index contributed by atoms with van der Waals surface area (Å²) < 4.78 is 47.6. The topological polar surface area (TPSA) is 65.4 Å². The largest absolute Gasteiger partial charge is 0.492 e.